The number of anilines is 2. The van der Waals surface area contributed by atoms with Crippen LogP contribution in [0.1, 0.15) is 19.4 Å². The first kappa shape index (κ1) is 23.6. The standard InChI is InChI=1S/C22H30FN3O3Si/c1-7-24-22(28)26-21-16(13-29-3)8-10-18(25-14(2)27)20(21)15-9-11-19(17(23)12-15)30(4,5)6/h8-12H,7,13H2,1-6H3,(H,25,27)(H2,24,26,28). The highest BCUT2D eigenvalue weighted by molar-refractivity contribution is 6.88. The Hall–Kier alpha value is -2.71. The monoisotopic (exact) mass is 431 g/mol. The van der Waals surface area contributed by atoms with Crippen molar-refractivity contribution >= 4 is 36.6 Å². The molecule has 2 aromatic rings. The fourth-order valence-corrected chi connectivity index (χ4v) is 4.63. The zero-order valence-corrected chi connectivity index (χ0v) is 19.4. The Balaban J connectivity index is 2.74. The van der Waals surface area contributed by atoms with E-state index in [1.165, 1.54) is 13.0 Å². The van der Waals surface area contributed by atoms with Gasteiger partial charge in [0.05, 0.1) is 26.1 Å². The molecule has 3 N–H and O–H groups in total. The first-order valence-electron chi connectivity index (χ1n) is 9.86. The molecule has 8 heteroatoms. The van der Waals surface area contributed by atoms with E-state index < -0.39 is 14.1 Å². The number of amides is 3. The molecule has 6 nitrogen and oxygen atoms in total. The van der Waals surface area contributed by atoms with Crippen LogP contribution in [-0.2, 0) is 16.1 Å². The third-order valence-corrected chi connectivity index (χ3v) is 6.57. The zero-order valence-electron chi connectivity index (χ0n) is 18.4. The van der Waals surface area contributed by atoms with Crippen molar-refractivity contribution in [2.45, 2.75) is 40.1 Å². The predicted octanol–water partition coefficient (Wildman–Crippen LogP) is 4.28. The normalized spacial score (nSPS) is 11.2. The number of hydrogen-bond acceptors (Lipinski definition) is 3. The number of halogens is 1. The number of carbonyl (C=O) groups is 2. The lowest BCUT2D eigenvalue weighted by Crippen LogP contribution is -2.39. The van der Waals surface area contributed by atoms with Crippen LogP contribution in [0.4, 0.5) is 20.6 Å². The van der Waals surface area contributed by atoms with Crippen LogP contribution in [0, 0.1) is 5.82 Å². The second-order valence-corrected chi connectivity index (χ2v) is 13.1. The van der Waals surface area contributed by atoms with Crippen LogP contribution in [0.15, 0.2) is 30.3 Å². The maximum atomic E-state index is 15.0. The number of hydrogen-bond donors (Lipinski definition) is 3. The molecule has 0 saturated heterocycles. The summed E-state index contributed by atoms with van der Waals surface area (Å²) in [6.07, 6.45) is 0. The van der Waals surface area contributed by atoms with Crippen molar-refractivity contribution in [3.05, 3.63) is 41.7 Å². The molecule has 0 heterocycles. The number of carbonyl (C=O) groups excluding carboxylic acids is 2. The highest BCUT2D eigenvalue weighted by Gasteiger charge is 2.23. The van der Waals surface area contributed by atoms with Gasteiger partial charge in [0.1, 0.15) is 5.82 Å². The van der Waals surface area contributed by atoms with Gasteiger partial charge in [-0.05, 0) is 29.8 Å². The van der Waals surface area contributed by atoms with Gasteiger partial charge in [-0.1, -0.05) is 37.8 Å². The van der Waals surface area contributed by atoms with Gasteiger partial charge in [0.2, 0.25) is 5.91 Å². The second kappa shape index (κ2) is 9.86. The number of nitrogens with one attached hydrogen (secondary N) is 3. The van der Waals surface area contributed by atoms with Gasteiger partial charge in [-0.3, -0.25) is 4.79 Å². The van der Waals surface area contributed by atoms with E-state index in [1.54, 1.807) is 25.3 Å². The van der Waals surface area contributed by atoms with Crippen molar-refractivity contribution < 1.29 is 18.7 Å². The van der Waals surface area contributed by atoms with Crippen LogP contribution in [0.5, 0.6) is 0 Å². The van der Waals surface area contributed by atoms with E-state index in [1.807, 2.05) is 13.0 Å². The minimum Gasteiger partial charge on any atom is -0.380 e. The van der Waals surface area contributed by atoms with Gasteiger partial charge in [-0.25, -0.2) is 9.18 Å². The van der Waals surface area contributed by atoms with Crippen LogP contribution in [-0.4, -0.2) is 33.7 Å². The molecule has 0 spiro atoms. The van der Waals surface area contributed by atoms with Crippen molar-refractivity contribution in [3.8, 4) is 11.1 Å². The minimum atomic E-state index is -1.86. The molecule has 0 aliphatic heterocycles. The Morgan fingerprint density at radius 3 is 2.33 bits per heavy atom. The molecule has 0 aromatic heterocycles. The Kier molecular flexibility index (Phi) is 7.75. The first-order valence-corrected chi connectivity index (χ1v) is 13.4. The van der Waals surface area contributed by atoms with E-state index in [0.717, 1.165) is 5.19 Å². The van der Waals surface area contributed by atoms with E-state index >= 15 is 4.39 Å². The van der Waals surface area contributed by atoms with Gasteiger partial charge < -0.3 is 20.7 Å². The number of benzene rings is 2. The van der Waals surface area contributed by atoms with E-state index in [-0.39, 0.29) is 18.3 Å². The van der Waals surface area contributed by atoms with Gasteiger partial charge >= 0.3 is 6.03 Å². The quantitative estimate of drug-likeness (QED) is 0.573. The lowest BCUT2D eigenvalue weighted by atomic mass is 9.97. The number of methoxy groups -OCH3 is 1. The molecule has 0 aliphatic rings. The molecule has 3 amide bonds. The summed E-state index contributed by atoms with van der Waals surface area (Å²) in [5.41, 5.74) is 2.75. The lowest BCUT2D eigenvalue weighted by Gasteiger charge is -2.22. The Labute approximate surface area is 178 Å². The van der Waals surface area contributed by atoms with Crippen LogP contribution in [0.3, 0.4) is 0 Å². The topological polar surface area (TPSA) is 79.5 Å². The zero-order chi connectivity index (χ0) is 22.5. The molecule has 0 aliphatic carbocycles. The molecule has 0 radical (unpaired) electrons. The summed E-state index contributed by atoms with van der Waals surface area (Å²) in [6.45, 7) is 10.1. The van der Waals surface area contributed by atoms with Gasteiger partial charge in [-0.15, -0.1) is 0 Å². The second-order valence-electron chi connectivity index (χ2n) is 8.07. The van der Waals surface area contributed by atoms with Crippen molar-refractivity contribution in [1.82, 2.24) is 5.32 Å². The SMILES string of the molecule is CCNC(=O)Nc1c(COC)ccc(NC(C)=O)c1-c1ccc([Si](C)(C)C)c(F)c1. The molecule has 0 bridgehead atoms. The lowest BCUT2D eigenvalue weighted by molar-refractivity contribution is -0.114. The van der Waals surface area contributed by atoms with E-state index in [0.29, 0.717) is 34.6 Å². The van der Waals surface area contributed by atoms with Crippen molar-refractivity contribution in [3.63, 3.8) is 0 Å². The molecule has 0 fully saturated rings. The van der Waals surface area contributed by atoms with Crippen LogP contribution >= 0.6 is 0 Å². The van der Waals surface area contributed by atoms with Crippen LogP contribution < -0.4 is 21.1 Å². The number of urea groups is 1. The summed E-state index contributed by atoms with van der Waals surface area (Å²) in [5, 5.41) is 9.05. The summed E-state index contributed by atoms with van der Waals surface area (Å²) < 4.78 is 20.3. The first-order chi connectivity index (χ1) is 14.1. The summed E-state index contributed by atoms with van der Waals surface area (Å²) in [7, 11) is -0.305. The average molecular weight is 432 g/mol. The number of rotatable bonds is 7. The molecule has 2 aromatic carbocycles. The smallest absolute Gasteiger partial charge is 0.319 e. The molecule has 0 unspecified atom stereocenters. The van der Waals surface area contributed by atoms with Gasteiger partial charge in [-0.2, -0.15) is 0 Å². The van der Waals surface area contributed by atoms with E-state index in [4.69, 9.17) is 4.74 Å². The highest BCUT2D eigenvalue weighted by Crippen LogP contribution is 2.38. The maximum Gasteiger partial charge on any atom is 0.319 e. The highest BCUT2D eigenvalue weighted by atomic mass is 28.3. The van der Waals surface area contributed by atoms with E-state index in [2.05, 4.69) is 35.6 Å². The molecular weight excluding hydrogens is 401 g/mol. The molecule has 2 rings (SSSR count). The Morgan fingerprint density at radius 1 is 1.10 bits per heavy atom. The Bertz CT molecular complexity index is 942. The summed E-state index contributed by atoms with van der Waals surface area (Å²) in [6, 6.07) is 8.21. The van der Waals surface area contributed by atoms with Gasteiger partial charge in [0, 0.05) is 31.7 Å². The largest absolute Gasteiger partial charge is 0.380 e. The van der Waals surface area contributed by atoms with E-state index in [9.17, 15) is 9.59 Å². The number of ether oxygens (including phenoxy) is 1. The average Bonchev–Trinajstić information content (AvgIpc) is 2.62. The van der Waals surface area contributed by atoms with Gasteiger partial charge in [0.25, 0.3) is 0 Å². The minimum absolute atomic E-state index is 0.241. The Morgan fingerprint density at radius 2 is 1.80 bits per heavy atom. The molecule has 0 atom stereocenters. The molecule has 162 valence electrons. The van der Waals surface area contributed by atoms with Crippen LogP contribution in [0.2, 0.25) is 19.6 Å². The van der Waals surface area contributed by atoms with Crippen molar-refractivity contribution in [1.29, 1.82) is 0 Å². The predicted molar refractivity (Wildman–Crippen MR) is 123 cm³/mol. The van der Waals surface area contributed by atoms with Crippen LogP contribution in [0.25, 0.3) is 11.1 Å². The molecule has 0 saturated carbocycles. The maximum absolute atomic E-state index is 15.0. The van der Waals surface area contributed by atoms with Crippen molar-refractivity contribution in [2.24, 2.45) is 0 Å². The van der Waals surface area contributed by atoms with Crippen molar-refractivity contribution in [2.75, 3.05) is 24.3 Å². The fourth-order valence-electron chi connectivity index (χ4n) is 3.26. The van der Waals surface area contributed by atoms with Gasteiger partial charge in [0.15, 0.2) is 0 Å². The summed E-state index contributed by atoms with van der Waals surface area (Å²) >= 11 is 0. The summed E-state index contributed by atoms with van der Waals surface area (Å²) in [5.74, 6) is -0.555. The summed E-state index contributed by atoms with van der Waals surface area (Å²) in [4.78, 5) is 24.1. The third kappa shape index (κ3) is 5.67. The molecule has 30 heavy (non-hydrogen) atoms. The fraction of sp³-hybridized carbons (Fsp3) is 0.364. The third-order valence-electron chi connectivity index (χ3n) is 4.54. The molecular formula is C22H30FN3O3Si.